The van der Waals surface area contributed by atoms with Crippen LogP contribution in [0, 0.1) is 0 Å². The average Bonchev–Trinajstić information content (AvgIpc) is 3.79. The molecule has 6 rings (SSSR count). The molecule has 2 fully saturated rings. The quantitative estimate of drug-likeness (QED) is 0.187. The predicted molar refractivity (Wildman–Crippen MR) is 167 cm³/mol. The van der Waals surface area contributed by atoms with E-state index in [1.54, 1.807) is 0 Å². The van der Waals surface area contributed by atoms with E-state index in [1.807, 2.05) is 0 Å². The molecule has 3 heterocycles. The van der Waals surface area contributed by atoms with Gasteiger partial charge in [0.2, 0.25) is 5.82 Å². The Kier molecular flexibility index (Phi) is 9.46. The van der Waals surface area contributed by atoms with Crippen molar-refractivity contribution < 1.29 is 0 Å². The highest BCUT2D eigenvalue weighted by atomic mass is 15.5. The minimum Gasteiger partial charge on any atom is -0.310 e. The van der Waals surface area contributed by atoms with Gasteiger partial charge in [-0.3, -0.25) is 0 Å². The van der Waals surface area contributed by atoms with Gasteiger partial charge < -0.3 is 4.57 Å². The van der Waals surface area contributed by atoms with Crippen LogP contribution in [0.15, 0.2) is 30.3 Å². The molecule has 1 N–H and O–H groups in total. The average molecular weight is 569 g/mol. The molecule has 0 unspecified atom stereocenters. The fourth-order valence-corrected chi connectivity index (χ4v) is 7.18. The molecule has 0 bridgehead atoms. The predicted octanol–water partition coefficient (Wildman–Crippen LogP) is 8.08. The molecule has 2 saturated carbocycles. The summed E-state index contributed by atoms with van der Waals surface area (Å²) < 4.78 is 4.63. The number of hydrogen-bond donors (Lipinski definition) is 1. The summed E-state index contributed by atoms with van der Waals surface area (Å²) in [6.45, 7) is 5.22. The first-order valence-electron chi connectivity index (χ1n) is 16.8. The number of H-pyrrole nitrogens is 1. The first-order valence-corrected chi connectivity index (χ1v) is 16.8. The highest BCUT2D eigenvalue weighted by molar-refractivity contribution is 5.63. The summed E-state index contributed by atoms with van der Waals surface area (Å²) in [4.78, 5) is 4.92. The maximum absolute atomic E-state index is 4.93. The fraction of sp³-hybridized carbons (Fsp3) is 0.618. The van der Waals surface area contributed by atoms with Crippen LogP contribution in [0.2, 0.25) is 0 Å². The van der Waals surface area contributed by atoms with Gasteiger partial charge in [0.05, 0.1) is 12.2 Å². The zero-order chi connectivity index (χ0) is 28.7. The highest BCUT2D eigenvalue weighted by Gasteiger charge is 2.30. The Balaban J connectivity index is 1.36. The van der Waals surface area contributed by atoms with Crippen molar-refractivity contribution in [2.45, 2.75) is 135 Å². The SMILES string of the molecule is CCCCc1nc(CCCC)n(Cc2ccc(-n3c(C4CCCCC4)cc(C4CCCCC4)c3-c3nn[nH]n3)cc2)n1. The van der Waals surface area contributed by atoms with Crippen LogP contribution in [0.3, 0.4) is 0 Å². The van der Waals surface area contributed by atoms with E-state index >= 15 is 0 Å². The molecule has 1 aromatic carbocycles. The maximum Gasteiger partial charge on any atom is 0.221 e. The number of tetrazole rings is 1. The summed E-state index contributed by atoms with van der Waals surface area (Å²) >= 11 is 0. The minimum absolute atomic E-state index is 0.561. The Hall–Kier alpha value is -3.29. The fourth-order valence-electron chi connectivity index (χ4n) is 7.18. The molecule has 2 aliphatic carbocycles. The number of aromatic amines is 1. The molecule has 0 saturated heterocycles. The second kappa shape index (κ2) is 13.8. The topological polar surface area (TPSA) is 90.1 Å². The Labute approximate surface area is 250 Å². The van der Waals surface area contributed by atoms with E-state index in [0.29, 0.717) is 17.7 Å². The second-order valence-corrected chi connectivity index (χ2v) is 12.6. The smallest absolute Gasteiger partial charge is 0.221 e. The lowest BCUT2D eigenvalue weighted by Gasteiger charge is -2.24. The molecule has 8 nitrogen and oxygen atoms in total. The van der Waals surface area contributed by atoms with Crippen molar-refractivity contribution in [1.82, 2.24) is 40.0 Å². The van der Waals surface area contributed by atoms with Crippen molar-refractivity contribution in [2.75, 3.05) is 0 Å². The van der Waals surface area contributed by atoms with Gasteiger partial charge in [-0.2, -0.15) is 10.3 Å². The summed E-state index contributed by atoms with van der Waals surface area (Å²) in [5.41, 5.74) is 6.44. The Morgan fingerprint density at radius 3 is 2.19 bits per heavy atom. The highest BCUT2D eigenvalue weighted by Crippen LogP contribution is 2.44. The standard InChI is InChI=1S/C34H48N8/c1-3-5-17-31-35-32(18-6-4-2)41(38-31)24-25-19-21-28(22-20-25)42-30(27-15-11-8-12-16-27)23-29(26-13-9-7-10-14-26)33(42)34-36-39-40-37-34/h19-23,26-27H,3-18,24H2,1-2H3,(H,36,37,39,40). The van der Waals surface area contributed by atoms with E-state index in [2.05, 4.69) is 74.1 Å². The van der Waals surface area contributed by atoms with Gasteiger partial charge in [0.15, 0.2) is 5.82 Å². The maximum atomic E-state index is 4.93. The van der Waals surface area contributed by atoms with Crippen LogP contribution in [0.4, 0.5) is 0 Å². The number of aromatic nitrogens is 8. The molecule has 0 amide bonds. The molecule has 2 aliphatic rings. The normalized spacial score (nSPS) is 16.8. The summed E-state index contributed by atoms with van der Waals surface area (Å²) in [5, 5.41) is 20.7. The van der Waals surface area contributed by atoms with E-state index in [0.717, 1.165) is 62.4 Å². The van der Waals surface area contributed by atoms with Gasteiger partial charge in [0.25, 0.3) is 0 Å². The van der Waals surface area contributed by atoms with Crippen molar-refractivity contribution in [3.8, 4) is 17.2 Å². The molecule has 0 spiro atoms. The second-order valence-electron chi connectivity index (χ2n) is 12.6. The molecule has 224 valence electrons. The third kappa shape index (κ3) is 6.37. The zero-order valence-corrected chi connectivity index (χ0v) is 25.7. The van der Waals surface area contributed by atoms with E-state index in [-0.39, 0.29) is 0 Å². The van der Waals surface area contributed by atoms with Crippen LogP contribution >= 0.6 is 0 Å². The van der Waals surface area contributed by atoms with Crippen molar-refractivity contribution >= 4 is 0 Å². The minimum atomic E-state index is 0.561. The van der Waals surface area contributed by atoms with Gasteiger partial charge in [-0.25, -0.2) is 9.67 Å². The molecule has 3 aromatic heterocycles. The molecular formula is C34H48N8. The van der Waals surface area contributed by atoms with E-state index in [1.165, 1.54) is 86.7 Å². The van der Waals surface area contributed by atoms with Crippen LogP contribution in [0.1, 0.15) is 144 Å². The first kappa shape index (κ1) is 28.8. The Morgan fingerprint density at radius 1 is 0.833 bits per heavy atom. The number of hydrogen-bond acceptors (Lipinski definition) is 5. The molecule has 8 heteroatoms. The summed E-state index contributed by atoms with van der Waals surface area (Å²) in [7, 11) is 0. The molecular weight excluding hydrogens is 520 g/mol. The largest absolute Gasteiger partial charge is 0.310 e. The number of aryl methyl sites for hydroxylation is 2. The third-order valence-corrected chi connectivity index (χ3v) is 9.51. The van der Waals surface area contributed by atoms with Crippen LogP contribution < -0.4 is 0 Å². The number of nitrogens with one attached hydrogen (secondary N) is 1. The van der Waals surface area contributed by atoms with Gasteiger partial charge in [-0.15, -0.1) is 10.2 Å². The van der Waals surface area contributed by atoms with Crippen LogP contribution in [-0.4, -0.2) is 40.0 Å². The van der Waals surface area contributed by atoms with Crippen LogP contribution in [0.25, 0.3) is 17.2 Å². The Morgan fingerprint density at radius 2 is 1.52 bits per heavy atom. The molecule has 42 heavy (non-hydrogen) atoms. The van der Waals surface area contributed by atoms with Gasteiger partial charge >= 0.3 is 0 Å². The molecule has 4 aromatic rings. The number of benzene rings is 1. The van der Waals surface area contributed by atoms with Crippen LogP contribution in [0.5, 0.6) is 0 Å². The van der Waals surface area contributed by atoms with Gasteiger partial charge in [0, 0.05) is 24.2 Å². The van der Waals surface area contributed by atoms with Crippen molar-refractivity contribution in [3.05, 3.63) is 58.8 Å². The number of unbranched alkanes of at least 4 members (excludes halogenated alkanes) is 2. The lowest BCUT2D eigenvalue weighted by molar-refractivity contribution is 0.432. The van der Waals surface area contributed by atoms with Crippen molar-refractivity contribution in [1.29, 1.82) is 0 Å². The summed E-state index contributed by atoms with van der Waals surface area (Å²) in [6, 6.07) is 11.7. The third-order valence-electron chi connectivity index (χ3n) is 9.51. The van der Waals surface area contributed by atoms with Crippen molar-refractivity contribution in [2.24, 2.45) is 0 Å². The molecule has 0 radical (unpaired) electrons. The summed E-state index contributed by atoms with van der Waals surface area (Å²) in [6.07, 6.45) is 19.5. The molecule has 0 aliphatic heterocycles. The lowest BCUT2D eigenvalue weighted by atomic mass is 9.82. The van der Waals surface area contributed by atoms with Gasteiger partial charge in [-0.05, 0) is 84.9 Å². The summed E-state index contributed by atoms with van der Waals surface area (Å²) in [5.74, 6) is 3.95. The van der Waals surface area contributed by atoms with Crippen molar-refractivity contribution in [3.63, 3.8) is 0 Å². The van der Waals surface area contributed by atoms with Crippen LogP contribution in [-0.2, 0) is 19.4 Å². The Bertz CT molecular complexity index is 1390. The van der Waals surface area contributed by atoms with Gasteiger partial charge in [0.1, 0.15) is 5.82 Å². The monoisotopic (exact) mass is 568 g/mol. The first-order chi connectivity index (χ1) is 20.7. The number of nitrogens with zero attached hydrogens (tertiary/aromatic N) is 7. The van der Waals surface area contributed by atoms with Gasteiger partial charge in [-0.1, -0.05) is 77.3 Å². The lowest BCUT2D eigenvalue weighted by Crippen LogP contribution is -2.12. The van der Waals surface area contributed by atoms with E-state index < -0.39 is 0 Å². The number of rotatable bonds is 12. The van der Waals surface area contributed by atoms with E-state index in [9.17, 15) is 0 Å². The van der Waals surface area contributed by atoms with E-state index in [4.69, 9.17) is 10.1 Å². The molecule has 0 atom stereocenters. The zero-order valence-electron chi connectivity index (χ0n) is 25.7.